The molecule has 0 aliphatic rings. The van der Waals surface area contributed by atoms with E-state index in [0.29, 0.717) is 18.3 Å². The van der Waals surface area contributed by atoms with Gasteiger partial charge in [0.2, 0.25) is 0 Å². The van der Waals surface area contributed by atoms with Crippen molar-refractivity contribution in [2.75, 3.05) is 11.9 Å². The molecule has 0 aliphatic carbocycles. The molecule has 0 amide bonds. The van der Waals surface area contributed by atoms with Crippen LogP contribution in [0.15, 0.2) is 18.2 Å². The van der Waals surface area contributed by atoms with Crippen molar-refractivity contribution in [3.05, 3.63) is 33.3 Å². The third-order valence-electron chi connectivity index (χ3n) is 2.60. The molecule has 0 aromatic heterocycles. The predicted octanol–water partition coefficient (Wildman–Crippen LogP) is 4.44. The van der Waals surface area contributed by atoms with Crippen molar-refractivity contribution in [1.29, 1.82) is 0 Å². The standard InChI is InChI=1S/C12H15BrClNO3/c1-9(4-6-13)5-7-18-12-3-2-10(15(16)17)8-11(12)14/h2-3,8-9H,4-7H2,1H3. The van der Waals surface area contributed by atoms with E-state index in [4.69, 9.17) is 16.3 Å². The van der Waals surface area contributed by atoms with Crippen LogP contribution >= 0.6 is 27.5 Å². The summed E-state index contributed by atoms with van der Waals surface area (Å²) in [7, 11) is 0. The van der Waals surface area contributed by atoms with E-state index in [1.165, 1.54) is 18.2 Å². The second kappa shape index (κ2) is 7.59. The highest BCUT2D eigenvalue weighted by Gasteiger charge is 2.10. The fraction of sp³-hybridized carbons (Fsp3) is 0.500. The van der Waals surface area contributed by atoms with Crippen LogP contribution in [0.5, 0.6) is 5.75 Å². The second-order valence-electron chi connectivity index (χ2n) is 4.09. The number of nitro groups is 1. The summed E-state index contributed by atoms with van der Waals surface area (Å²) >= 11 is 9.31. The van der Waals surface area contributed by atoms with E-state index in [1.54, 1.807) is 0 Å². The maximum absolute atomic E-state index is 10.5. The molecule has 1 atom stereocenters. The first-order valence-corrected chi connectivity index (χ1v) is 7.17. The lowest BCUT2D eigenvalue weighted by Crippen LogP contribution is -2.05. The van der Waals surface area contributed by atoms with E-state index in [2.05, 4.69) is 22.9 Å². The third-order valence-corrected chi connectivity index (χ3v) is 3.35. The molecule has 0 radical (unpaired) electrons. The molecule has 1 unspecified atom stereocenters. The van der Waals surface area contributed by atoms with Gasteiger partial charge in [-0.2, -0.15) is 0 Å². The minimum Gasteiger partial charge on any atom is -0.492 e. The molecule has 0 spiro atoms. The summed E-state index contributed by atoms with van der Waals surface area (Å²) in [5.41, 5.74) is -0.0278. The number of alkyl halides is 1. The predicted molar refractivity (Wildman–Crippen MR) is 75.8 cm³/mol. The molecule has 0 heterocycles. The number of halogens is 2. The lowest BCUT2D eigenvalue weighted by Gasteiger charge is -2.11. The molecule has 0 N–H and O–H groups in total. The monoisotopic (exact) mass is 335 g/mol. The second-order valence-corrected chi connectivity index (χ2v) is 5.29. The van der Waals surface area contributed by atoms with Crippen LogP contribution in [-0.2, 0) is 0 Å². The molecule has 0 fully saturated rings. The zero-order valence-corrected chi connectivity index (χ0v) is 12.4. The number of ether oxygens (including phenoxy) is 1. The number of non-ortho nitro benzene ring substituents is 1. The molecule has 100 valence electrons. The average molecular weight is 337 g/mol. The minimum absolute atomic E-state index is 0.0278. The first-order valence-electron chi connectivity index (χ1n) is 5.67. The van der Waals surface area contributed by atoms with Crippen molar-refractivity contribution in [2.45, 2.75) is 19.8 Å². The highest BCUT2D eigenvalue weighted by Crippen LogP contribution is 2.28. The highest BCUT2D eigenvalue weighted by atomic mass is 79.9. The van der Waals surface area contributed by atoms with Crippen LogP contribution in [0.3, 0.4) is 0 Å². The van der Waals surface area contributed by atoms with E-state index in [9.17, 15) is 10.1 Å². The van der Waals surface area contributed by atoms with E-state index in [0.717, 1.165) is 18.2 Å². The average Bonchev–Trinajstić information content (AvgIpc) is 2.31. The molecule has 18 heavy (non-hydrogen) atoms. The Kier molecular flexibility index (Phi) is 6.43. The van der Waals surface area contributed by atoms with E-state index in [1.807, 2.05) is 0 Å². The first-order chi connectivity index (χ1) is 8.54. The molecular formula is C12H15BrClNO3. The van der Waals surface area contributed by atoms with Crippen molar-refractivity contribution < 1.29 is 9.66 Å². The molecule has 1 aromatic rings. The third kappa shape index (κ3) is 4.82. The first kappa shape index (κ1) is 15.2. The maximum atomic E-state index is 10.5. The van der Waals surface area contributed by atoms with Crippen molar-refractivity contribution in [3.63, 3.8) is 0 Å². The minimum atomic E-state index is -0.478. The summed E-state index contributed by atoms with van der Waals surface area (Å²) < 4.78 is 5.52. The van der Waals surface area contributed by atoms with Crippen LogP contribution in [0.4, 0.5) is 5.69 Å². The van der Waals surface area contributed by atoms with Crippen LogP contribution in [0.25, 0.3) is 0 Å². The number of rotatable bonds is 7. The Morgan fingerprint density at radius 1 is 1.50 bits per heavy atom. The Bertz CT molecular complexity index is 414. The van der Waals surface area contributed by atoms with E-state index < -0.39 is 4.92 Å². The van der Waals surface area contributed by atoms with Crippen molar-refractivity contribution in [3.8, 4) is 5.75 Å². The molecule has 1 rings (SSSR count). The lowest BCUT2D eigenvalue weighted by molar-refractivity contribution is -0.384. The number of hydrogen-bond acceptors (Lipinski definition) is 3. The van der Waals surface area contributed by atoms with Crippen molar-refractivity contribution >= 4 is 33.2 Å². The van der Waals surface area contributed by atoms with Crippen LogP contribution in [0.1, 0.15) is 19.8 Å². The van der Waals surface area contributed by atoms with Gasteiger partial charge in [-0.15, -0.1) is 0 Å². The van der Waals surface area contributed by atoms with Crippen molar-refractivity contribution in [2.24, 2.45) is 5.92 Å². The fourth-order valence-corrected chi connectivity index (χ4v) is 2.43. The van der Waals surface area contributed by atoms with Gasteiger partial charge in [-0.25, -0.2) is 0 Å². The number of benzene rings is 1. The molecule has 0 bridgehead atoms. The molecular weight excluding hydrogens is 321 g/mol. The van der Waals surface area contributed by atoms with Gasteiger partial charge in [-0.3, -0.25) is 10.1 Å². The molecule has 6 heteroatoms. The van der Waals surface area contributed by atoms with E-state index >= 15 is 0 Å². The van der Waals surface area contributed by atoms with Gasteiger partial charge in [0.25, 0.3) is 5.69 Å². The van der Waals surface area contributed by atoms with Gasteiger partial charge >= 0.3 is 0 Å². The molecule has 0 aliphatic heterocycles. The Morgan fingerprint density at radius 3 is 2.78 bits per heavy atom. The van der Waals surface area contributed by atoms with Gasteiger partial charge in [0.1, 0.15) is 5.75 Å². The smallest absolute Gasteiger partial charge is 0.271 e. The molecule has 0 saturated carbocycles. The topological polar surface area (TPSA) is 52.4 Å². The molecule has 4 nitrogen and oxygen atoms in total. The Morgan fingerprint density at radius 2 is 2.22 bits per heavy atom. The maximum Gasteiger partial charge on any atom is 0.271 e. The highest BCUT2D eigenvalue weighted by molar-refractivity contribution is 9.09. The molecule has 1 aromatic carbocycles. The van der Waals surface area contributed by atoms with E-state index in [-0.39, 0.29) is 10.7 Å². The van der Waals surface area contributed by atoms with Crippen LogP contribution < -0.4 is 4.74 Å². The SMILES string of the molecule is CC(CCBr)CCOc1ccc([N+](=O)[O-])cc1Cl. The van der Waals surface area contributed by atoms with Crippen LogP contribution in [0, 0.1) is 16.0 Å². The summed E-state index contributed by atoms with van der Waals surface area (Å²) in [6.45, 7) is 2.72. The van der Waals surface area contributed by atoms with Gasteiger partial charge in [0.15, 0.2) is 0 Å². The number of nitro benzene ring substituents is 1. The lowest BCUT2D eigenvalue weighted by atomic mass is 10.1. The van der Waals surface area contributed by atoms with Crippen LogP contribution in [-0.4, -0.2) is 16.9 Å². The van der Waals surface area contributed by atoms with Gasteiger partial charge in [-0.1, -0.05) is 34.5 Å². The van der Waals surface area contributed by atoms with Gasteiger partial charge in [-0.05, 0) is 24.8 Å². The Hall–Kier alpha value is -0.810. The largest absolute Gasteiger partial charge is 0.492 e. The molecule has 0 saturated heterocycles. The van der Waals surface area contributed by atoms with Crippen molar-refractivity contribution in [1.82, 2.24) is 0 Å². The van der Waals surface area contributed by atoms with Gasteiger partial charge < -0.3 is 4.74 Å². The summed E-state index contributed by atoms with van der Waals surface area (Å²) in [4.78, 5) is 10.1. The van der Waals surface area contributed by atoms with Gasteiger partial charge in [0, 0.05) is 17.5 Å². The zero-order chi connectivity index (χ0) is 13.5. The normalized spacial score (nSPS) is 12.2. The Labute approximate surface area is 120 Å². The quantitative estimate of drug-likeness (QED) is 0.420. The zero-order valence-electron chi connectivity index (χ0n) is 10.1. The summed E-state index contributed by atoms with van der Waals surface area (Å²) in [5, 5.41) is 11.8. The summed E-state index contributed by atoms with van der Waals surface area (Å²) in [5.74, 6) is 1.06. The van der Waals surface area contributed by atoms with Gasteiger partial charge in [0.05, 0.1) is 16.6 Å². The number of nitrogens with zero attached hydrogens (tertiary/aromatic N) is 1. The fourth-order valence-electron chi connectivity index (χ4n) is 1.42. The summed E-state index contributed by atoms with van der Waals surface area (Å²) in [6, 6.07) is 4.23. The summed E-state index contributed by atoms with van der Waals surface area (Å²) in [6.07, 6.45) is 2.02. The Balaban J connectivity index is 2.50. The van der Waals surface area contributed by atoms with Crippen LogP contribution in [0.2, 0.25) is 5.02 Å². The number of hydrogen-bond donors (Lipinski definition) is 0.